The van der Waals surface area contributed by atoms with Crippen LogP contribution in [0.4, 0.5) is 0 Å². The Hall–Kier alpha value is -0.630. The first-order valence-corrected chi connectivity index (χ1v) is 6.94. The van der Waals surface area contributed by atoms with Gasteiger partial charge in [0.15, 0.2) is 0 Å². The van der Waals surface area contributed by atoms with Crippen LogP contribution in [0, 0.1) is 5.92 Å². The third-order valence-corrected chi connectivity index (χ3v) is 2.96. The van der Waals surface area contributed by atoms with Crippen molar-refractivity contribution in [1.29, 1.82) is 0 Å². The lowest BCUT2D eigenvalue weighted by Crippen LogP contribution is -2.15. The molecule has 0 aromatic carbocycles. The molecule has 2 heteroatoms. The van der Waals surface area contributed by atoms with Crippen molar-refractivity contribution in [3.8, 4) is 0 Å². The fourth-order valence-electron chi connectivity index (χ4n) is 1.84. The molecule has 2 nitrogen and oxygen atoms in total. The minimum Gasteiger partial charge on any atom is -0.391 e. The molecule has 1 N–H and O–H groups in total. The third kappa shape index (κ3) is 9.11. The van der Waals surface area contributed by atoms with Gasteiger partial charge < -0.3 is 5.11 Å². The van der Waals surface area contributed by atoms with Gasteiger partial charge in [-0.2, -0.15) is 0 Å². The zero-order chi connectivity index (χ0) is 13.1. The Morgan fingerprint density at radius 3 is 2.59 bits per heavy atom. The van der Waals surface area contributed by atoms with Gasteiger partial charge in [-0.05, 0) is 38.5 Å². The van der Waals surface area contributed by atoms with E-state index in [4.69, 9.17) is 0 Å². The Labute approximate surface area is 107 Å². The van der Waals surface area contributed by atoms with Crippen LogP contribution in [0.2, 0.25) is 0 Å². The van der Waals surface area contributed by atoms with Crippen molar-refractivity contribution in [3.05, 3.63) is 12.7 Å². The summed E-state index contributed by atoms with van der Waals surface area (Å²) < 4.78 is 0. The Morgan fingerprint density at radius 1 is 1.35 bits per heavy atom. The van der Waals surface area contributed by atoms with Crippen LogP contribution in [0.1, 0.15) is 59.3 Å². The average molecular weight is 239 g/mol. The lowest BCUT2D eigenvalue weighted by atomic mass is 9.95. The van der Waals surface area contributed by atoms with E-state index in [2.05, 4.69) is 25.4 Å². The summed E-state index contributed by atoms with van der Waals surface area (Å²) in [6.07, 6.45) is 8.56. The van der Waals surface area contributed by atoms with Crippen molar-refractivity contribution in [2.24, 2.45) is 10.9 Å². The fraction of sp³-hybridized carbons (Fsp3) is 0.800. The molecule has 0 rings (SSSR count). The maximum absolute atomic E-state index is 9.31. The van der Waals surface area contributed by atoms with Gasteiger partial charge in [0.05, 0.1) is 12.6 Å². The second-order valence-electron chi connectivity index (χ2n) is 4.91. The zero-order valence-electron chi connectivity index (χ0n) is 11.8. The van der Waals surface area contributed by atoms with E-state index in [1.807, 2.05) is 6.08 Å². The van der Waals surface area contributed by atoms with Gasteiger partial charge in [-0.1, -0.05) is 32.8 Å². The van der Waals surface area contributed by atoms with E-state index in [0.717, 1.165) is 19.3 Å². The summed E-state index contributed by atoms with van der Waals surface area (Å²) in [5, 5.41) is 9.31. The molecule has 0 bridgehead atoms. The fourth-order valence-corrected chi connectivity index (χ4v) is 1.84. The molecule has 100 valence electrons. The molecule has 17 heavy (non-hydrogen) atoms. The van der Waals surface area contributed by atoms with Crippen LogP contribution in [-0.4, -0.2) is 23.5 Å². The van der Waals surface area contributed by atoms with Crippen molar-refractivity contribution in [2.45, 2.75) is 65.4 Å². The highest BCUT2D eigenvalue weighted by atomic mass is 16.3. The molecule has 0 aliphatic carbocycles. The monoisotopic (exact) mass is 239 g/mol. The third-order valence-electron chi connectivity index (χ3n) is 2.96. The zero-order valence-corrected chi connectivity index (χ0v) is 11.8. The number of hydrogen-bond acceptors (Lipinski definition) is 2. The number of hydrogen-bond donors (Lipinski definition) is 1. The van der Waals surface area contributed by atoms with E-state index in [9.17, 15) is 5.11 Å². The number of aliphatic hydroxyl groups excluding tert-OH is 1. The average Bonchev–Trinajstić information content (AvgIpc) is 2.30. The first-order chi connectivity index (χ1) is 8.11. The molecular formula is C15H29NO. The summed E-state index contributed by atoms with van der Waals surface area (Å²) in [4.78, 5) is 4.58. The van der Waals surface area contributed by atoms with Gasteiger partial charge in [0.1, 0.15) is 0 Å². The highest BCUT2D eigenvalue weighted by Gasteiger charge is 2.10. The van der Waals surface area contributed by atoms with Crippen LogP contribution in [0.5, 0.6) is 0 Å². The molecule has 0 fully saturated rings. The molecule has 2 atom stereocenters. The molecule has 0 aliphatic rings. The van der Waals surface area contributed by atoms with E-state index in [1.54, 1.807) is 6.92 Å². The molecule has 0 amide bonds. The number of allylic oxidation sites excluding steroid dienone is 1. The van der Waals surface area contributed by atoms with Crippen LogP contribution in [0.15, 0.2) is 17.6 Å². The number of rotatable bonds is 10. The van der Waals surface area contributed by atoms with E-state index < -0.39 is 0 Å². The highest BCUT2D eigenvalue weighted by Crippen LogP contribution is 2.14. The number of aliphatic hydroxyl groups is 1. The topological polar surface area (TPSA) is 32.6 Å². The molecule has 0 spiro atoms. The maximum atomic E-state index is 9.31. The molecule has 0 radical (unpaired) electrons. The summed E-state index contributed by atoms with van der Waals surface area (Å²) in [6.45, 7) is 10.6. The summed E-state index contributed by atoms with van der Waals surface area (Å²) in [5.74, 6) is 0.554. The minimum absolute atomic E-state index is 0.331. The molecule has 0 aliphatic heterocycles. The summed E-state index contributed by atoms with van der Waals surface area (Å²) >= 11 is 0. The van der Waals surface area contributed by atoms with Crippen LogP contribution in [0.3, 0.4) is 0 Å². The van der Waals surface area contributed by atoms with Gasteiger partial charge in [0, 0.05) is 5.71 Å². The Bertz CT molecular complexity index is 221. The largest absolute Gasteiger partial charge is 0.391 e. The van der Waals surface area contributed by atoms with Crippen molar-refractivity contribution >= 4 is 5.71 Å². The number of aliphatic imine (C=N–C) groups is 1. The van der Waals surface area contributed by atoms with E-state index >= 15 is 0 Å². The molecule has 2 unspecified atom stereocenters. The van der Waals surface area contributed by atoms with E-state index in [0.29, 0.717) is 12.5 Å². The van der Waals surface area contributed by atoms with Crippen LogP contribution < -0.4 is 0 Å². The van der Waals surface area contributed by atoms with Gasteiger partial charge in [-0.15, -0.1) is 6.58 Å². The molecule has 0 heterocycles. The van der Waals surface area contributed by atoms with Crippen molar-refractivity contribution in [1.82, 2.24) is 0 Å². The van der Waals surface area contributed by atoms with Crippen molar-refractivity contribution in [3.63, 3.8) is 0 Å². The van der Waals surface area contributed by atoms with Gasteiger partial charge in [-0.3, -0.25) is 4.99 Å². The maximum Gasteiger partial charge on any atom is 0.0707 e. The van der Waals surface area contributed by atoms with Crippen LogP contribution in [0.25, 0.3) is 0 Å². The van der Waals surface area contributed by atoms with Crippen LogP contribution >= 0.6 is 0 Å². The van der Waals surface area contributed by atoms with E-state index in [-0.39, 0.29) is 6.10 Å². The first-order valence-electron chi connectivity index (χ1n) is 6.94. The second kappa shape index (κ2) is 10.5. The van der Waals surface area contributed by atoms with Gasteiger partial charge >= 0.3 is 0 Å². The lowest BCUT2D eigenvalue weighted by molar-refractivity contribution is 0.203. The van der Waals surface area contributed by atoms with Gasteiger partial charge in [-0.25, -0.2) is 0 Å². The molecule has 0 aromatic rings. The summed E-state index contributed by atoms with van der Waals surface area (Å²) in [6, 6.07) is 0. The number of nitrogens with zero attached hydrogens (tertiary/aromatic N) is 1. The molecular weight excluding hydrogens is 210 g/mol. The van der Waals surface area contributed by atoms with Crippen molar-refractivity contribution in [2.75, 3.05) is 6.54 Å². The molecule has 0 saturated heterocycles. The minimum atomic E-state index is -0.331. The van der Waals surface area contributed by atoms with Crippen molar-refractivity contribution < 1.29 is 5.11 Å². The molecule has 0 saturated carbocycles. The predicted molar refractivity (Wildman–Crippen MR) is 76.7 cm³/mol. The molecule has 0 aromatic heterocycles. The SMILES string of the molecule is C=CCCCC(=NCC(C)O)C(C)CCCC. The Morgan fingerprint density at radius 2 is 2.06 bits per heavy atom. The Balaban J connectivity index is 4.26. The standard InChI is InChI=1S/C15H29NO/c1-5-7-9-11-15(16-12-14(4)17)13(3)10-8-6-2/h5,13-14,17H,1,6-12H2,2-4H3. The van der Waals surface area contributed by atoms with Crippen LogP contribution in [-0.2, 0) is 0 Å². The van der Waals surface area contributed by atoms with Gasteiger partial charge in [0.2, 0.25) is 0 Å². The summed E-state index contributed by atoms with van der Waals surface area (Å²) in [7, 11) is 0. The van der Waals surface area contributed by atoms with Gasteiger partial charge in [0.25, 0.3) is 0 Å². The summed E-state index contributed by atoms with van der Waals surface area (Å²) in [5.41, 5.74) is 1.28. The predicted octanol–water partition coefficient (Wildman–Crippen LogP) is 3.99. The first kappa shape index (κ1) is 16.4. The smallest absolute Gasteiger partial charge is 0.0707 e. The lowest BCUT2D eigenvalue weighted by Gasteiger charge is -2.15. The Kier molecular flexibility index (Phi) is 10.1. The van der Waals surface area contributed by atoms with E-state index in [1.165, 1.54) is 25.0 Å². The number of unbranched alkanes of at least 4 members (excludes halogenated alkanes) is 2. The quantitative estimate of drug-likeness (QED) is 0.349. The highest BCUT2D eigenvalue weighted by molar-refractivity contribution is 5.86. The second-order valence-corrected chi connectivity index (χ2v) is 4.91. The normalized spacial score (nSPS) is 15.6.